The van der Waals surface area contributed by atoms with Gasteiger partial charge in [-0.2, -0.15) is 0 Å². The molecule has 1 aromatic carbocycles. The summed E-state index contributed by atoms with van der Waals surface area (Å²) in [6.45, 7) is 6.51. The lowest BCUT2D eigenvalue weighted by atomic mass is 10.1. The zero-order valence-electron chi connectivity index (χ0n) is 15.9. The van der Waals surface area contributed by atoms with Gasteiger partial charge < -0.3 is 20.9 Å². The van der Waals surface area contributed by atoms with Crippen molar-refractivity contribution in [2.45, 2.75) is 32.6 Å². The number of benzene rings is 1. The third-order valence-corrected chi connectivity index (χ3v) is 4.43. The zero-order valence-corrected chi connectivity index (χ0v) is 18.2. The lowest BCUT2D eigenvalue weighted by Gasteiger charge is -2.26. The summed E-state index contributed by atoms with van der Waals surface area (Å²) in [6.07, 6.45) is 4.90. The van der Waals surface area contributed by atoms with E-state index in [0.29, 0.717) is 5.96 Å². The van der Waals surface area contributed by atoms with Crippen LogP contribution in [-0.4, -0.2) is 56.5 Å². The van der Waals surface area contributed by atoms with Crippen molar-refractivity contribution in [2.75, 3.05) is 45.1 Å². The Hall–Kier alpha value is -1.35. The van der Waals surface area contributed by atoms with Crippen LogP contribution in [0.3, 0.4) is 0 Å². The summed E-state index contributed by atoms with van der Waals surface area (Å²) in [7, 11) is 1.72. The highest BCUT2D eigenvalue weighted by atomic mass is 127. The van der Waals surface area contributed by atoms with E-state index in [1.54, 1.807) is 7.05 Å². The molecule has 3 N–H and O–H groups in total. The Balaban J connectivity index is 0.00000338. The number of aliphatic imine (C=N–C) groups is 1. The molecule has 0 saturated carbocycles. The normalized spacial score (nSPS) is 15.1. The highest BCUT2D eigenvalue weighted by Gasteiger charge is 2.10. The van der Waals surface area contributed by atoms with Crippen LogP contribution in [0.5, 0.6) is 0 Å². The lowest BCUT2D eigenvalue weighted by Crippen LogP contribution is -2.44. The van der Waals surface area contributed by atoms with E-state index in [1.165, 1.54) is 37.9 Å². The van der Waals surface area contributed by atoms with Crippen molar-refractivity contribution in [3.8, 4) is 0 Å². The zero-order chi connectivity index (χ0) is 17.9. The van der Waals surface area contributed by atoms with Crippen LogP contribution >= 0.6 is 24.0 Å². The van der Waals surface area contributed by atoms with Crippen molar-refractivity contribution < 1.29 is 4.79 Å². The Morgan fingerprint density at radius 3 is 2.65 bits per heavy atom. The molecule has 1 heterocycles. The van der Waals surface area contributed by atoms with Crippen molar-refractivity contribution in [3.05, 3.63) is 29.8 Å². The number of hydrogen-bond acceptors (Lipinski definition) is 3. The first-order valence-corrected chi connectivity index (χ1v) is 9.27. The molecule has 0 aliphatic carbocycles. The SMILES string of the molecule is CCc1cccc(NC(=O)CNC(=NC)NCCN2CCCCC2)c1.I. The molecule has 146 valence electrons. The molecule has 26 heavy (non-hydrogen) atoms. The van der Waals surface area contributed by atoms with Gasteiger partial charge in [0.15, 0.2) is 5.96 Å². The van der Waals surface area contributed by atoms with Gasteiger partial charge in [0.05, 0.1) is 6.54 Å². The van der Waals surface area contributed by atoms with Crippen LogP contribution in [0.1, 0.15) is 31.7 Å². The van der Waals surface area contributed by atoms with Crippen LogP contribution in [0.2, 0.25) is 0 Å². The Bertz CT molecular complexity index is 573. The fourth-order valence-electron chi connectivity index (χ4n) is 2.97. The van der Waals surface area contributed by atoms with Crippen LogP contribution < -0.4 is 16.0 Å². The number of anilines is 1. The summed E-state index contributed by atoms with van der Waals surface area (Å²) in [6, 6.07) is 7.93. The topological polar surface area (TPSA) is 68.8 Å². The van der Waals surface area contributed by atoms with Crippen LogP contribution in [0.4, 0.5) is 5.69 Å². The molecule has 1 aromatic rings. The summed E-state index contributed by atoms with van der Waals surface area (Å²) in [5.41, 5.74) is 2.04. The first-order valence-electron chi connectivity index (χ1n) is 9.27. The van der Waals surface area contributed by atoms with Crippen LogP contribution in [0.25, 0.3) is 0 Å². The first-order chi connectivity index (χ1) is 12.2. The largest absolute Gasteiger partial charge is 0.355 e. The van der Waals surface area contributed by atoms with Crippen LogP contribution in [-0.2, 0) is 11.2 Å². The number of carbonyl (C=O) groups excluding carboxylic acids is 1. The second-order valence-corrected chi connectivity index (χ2v) is 6.36. The van der Waals surface area contributed by atoms with Gasteiger partial charge >= 0.3 is 0 Å². The van der Waals surface area contributed by atoms with Gasteiger partial charge in [-0.3, -0.25) is 9.79 Å². The molecule has 1 fully saturated rings. The molecule has 0 bridgehead atoms. The minimum atomic E-state index is -0.0766. The molecule has 0 aromatic heterocycles. The maximum absolute atomic E-state index is 12.1. The minimum absolute atomic E-state index is 0. The van der Waals surface area contributed by atoms with Crippen molar-refractivity contribution in [1.29, 1.82) is 0 Å². The van der Waals surface area contributed by atoms with E-state index in [-0.39, 0.29) is 36.4 Å². The van der Waals surface area contributed by atoms with E-state index in [1.807, 2.05) is 18.2 Å². The Kier molecular flexibility index (Phi) is 11.3. The monoisotopic (exact) mass is 473 g/mol. The summed E-state index contributed by atoms with van der Waals surface area (Å²) in [4.78, 5) is 18.7. The number of aryl methyl sites for hydroxylation is 1. The molecule has 1 aliphatic heterocycles. The molecule has 1 aliphatic rings. The number of hydrogen-bond donors (Lipinski definition) is 3. The molecule has 2 rings (SSSR count). The standard InChI is InChI=1S/C19H31N5O.HI/c1-3-16-8-7-9-17(14-16)23-18(25)15-22-19(20-2)21-10-13-24-11-5-4-6-12-24;/h7-9,14H,3-6,10-13,15H2,1-2H3,(H,23,25)(H2,20,21,22);1H. The summed E-state index contributed by atoms with van der Waals surface area (Å²) >= 11 is 0. The van der Waals surface area contributed by atoms with E-state index in [0.717, 1.165) is 25.2 Å². The van der Waals surface area contributed by atoms with Gasteiger partial charge in [0.2, 0.25) is 5.91 Å². The Morgan fingerprint density at radius 1 is 1.19 bits per heavy atom. The van der Waals surface area contributed by atoms with E-state index in [9.17, 15) is 4.79 Å². The van der Waals surface area contributed by atoms with Gasteiger partial charge in [0, 0.05) is 25.8 Å². The molecule has 1 amide bonds. The maximum Gasteiger partial charge on any atom is 0.243 e. The number of carbonyl (C=O) groups is 1. The molecule has 0 radical (unpaired) electrons. The lowest BCUT2D eigenvalue weighted by molar-refractivity contribution is -0.115. The fraction of sp³-hybridized carbons (Fsp3) is 0.579. The highest BCUT2D eigenvalue weighted by molar-refractivity contribution is 14.0. The highest BCUT2D eigenvalue weighted by Crippen LogP contribution is 2.10. The number of rotatable bonds is 7. The van der Waals surface area contributed by atoms with Gasteiger partial charge in [-0.05, 0) is 50.0 Å². The number of piperidine rings is 1. The molecule has 6 nitrogen and oxygen atoms in total. The molecule has 0 spiro atoms. The second kappa shape index (κ2) is 12.9. The van der Waals surface area contributed by atoms with Gasteiger partial charge in [-0.1, -0.05) is 25.5 Å². The van der Waals surface area contributed by atoms with E-state index >= 15 is 0 Å². The number of nitrogens with one attached hydrogen (secondary N) is 3. The van der Waals surface area contributed by atoms with Gasteiger partial charge in [-0.25, -0.2) is 0 Å². The van der Waals surface area contributed by atoms with Crippen molar-refractivity contribution in [3.63, 3.8) is 0 Å². The summed E-state index contributed by atoms with van der Waals surface area (Å²) in [5, 5.41) is 9.25. The number of likely N-dealkylation sites (tertiary alicyclic amines) is 1. The minimum Gasteiger partial charge on any atom is -0.355 e. The third-order valence-electron chi connectivity index (χ3n) is 4.43. The van der Waals surface area contributed by atoms with Crippen molar-refractivity contribution in [2.24, 2.45) is 4.99 Å². The summed E-state index contributed by atoms with van der Waals surface area (Å²) < 4.78 is 0. The quantitative estimate of drug-likeness (QED) is 0.324. The summed E-state index contributed by atoms with van der Waals surface area (Å²) in [5.74, 6) is 0.585. The van der Waals surface area contributed by atoms with Gasteiger partial charge in [0.1, 0.15) is 0 Å². The molecule has 0 unspecified atom stereocenters. The van der Waals surface area contributed by atoms with Crippen molar-refractivity contribution >= 4 is 41.5 Å². The van der Waals surface area contributed by atoms with Crippen LogP contribution in [0.15, 0.2) is 29.3 Å². The Labute approximate surface area is 174 Å². The predicted molar refractivity (Wildman–Crippen MR) is 120 cm³/mol. The smallest absolute Gasteiger partial charge is 0.243 e. The van der Waals surface area contributed by atoms with Crippen molar-refractivity contribution in [1.82, 2.24) is 15.5 Å². The van der Waals surface area contributed by atoms with Gasteiger partial charge in [0.25, 0.3) is 0 Å². The predicted octanol–water partition coefficient (Wildman–Crippen LogP) is 2.46. The number of halogens is 1. The fourth-order valence-corrected chi connectivity index (χ4v) is 2.97. The number of guanidine groups is 1. The third kappa shape index (κ3) is 8.35. The molecule has 0 atom stereocenters. The molecule has 7 heteroatoms. The number of amides is 1. The average molecular weight is 473 g/mol. The molecular weight excluding hydrogens is 441 g/mol. The van der Waals surface area contributed by atoms with Gasteiger partial charge in [-0.15, -0.1) is 24.0 Å². The molecular formula is C19H32IN5O. The van der Waals surface area contributed by atoms with E-state index in [2.05, 4.69) is 38.8 Å². The van der Waals surface area contributed by atoms with E-state index < -0.39 is 0 Å². The molecule has 1 saturated heterocycles. The van der Waals surface area contributed by atoms with E-state index in [4.69, 9.17) is 0 Å². The average Bonchev–Trinajstić information content (AvgIpc) is 2.65. The Morgan fingerprint density at radius 2 is 1.96 bits per heavy atom. The number of nitrogens with zero attached hydrogens (tertiary/aromatic N) is 2. The maximum atomic E-state index is 12.1. The second-order valence-electron chi connectivity index (χ2n) is 6.36. The first kappa shape index (κ1) is 22.7. The van der Waals surface area contributed by atoms with Crippen LogP contribution in [0, 0.1) is 0 Å².